The molecule has 0 aliphatic carbocycles. The number of hydrogen-bond acceptors (Lipinski definition) is 8. The average Bonchev–Trinajstić information content (AvgIpc) is 2.81. The molecule has 0 heterocycles. The first-order chi connectivity index (χ1) is 17.1. The highest BCUT2D eigenvalue weighted by Gasteiger charge is 2.55. The highest BCUT2D eigenvalue weighted by atomic mass is 127. The number of aromatic hydroxyl groups is 1. The first-order valence-corrected chi connectivity index (χ1v) is 13.1. The summed E-state index contributed by atoms with van der Waals surface area (Å²) in [5.41, 5.74) is 4.75. The molecule has 1 unspecified atom stereocenters. The maximum Gasteiger partial charge on any atom is 0.265 e. The van der Waals surface area contributed by atoms with E-state index in [2.05, 4.69) is 0 Å². The second kappa shape index (κ2) is 13.9. The van der Waals surface area contributed by atoms with Gasteiger partial charge in [0.05, 0.1) is 27.8 Å². The van der Waals surface area contributed by atoms with E-state index in [4.69, 9.17) is 11.1 Å². The van der Waals surface area contributed by atoms with Gasteiger partial charge in [0.25, 0.3) is 5.91 Å². The Morgan fingerprint density at radius 1 is 1.22 bits per heavy atom. The third-order valence-electron chi connectivity index (χ3n) is 6.42. The van der Waals surface area contributed by atoms with Crippen LogP contribution in [0.5, 0.6) is 5.75 Å². The number of rotatable bonds is 14. The van der Waals surface area contributed by atoms with E-state index < -0.39 is 47.0 Å². The number of hydrogen-bond donors (Lipinski definition) is 4. The van der Waals surface area contributed by atoms with E-state index in [0.717, 1.165) is 10.5 Å². The lowest BCUT2D eigenvalue weighted by Gasteiger charge is -2.43. The van der Waals surface area contributed by atoms with Gasteiger partial charge in [-0.1, -0.05) is 31.6 Å². The molecular weight excluding hydrogens is 589 g/mol. The summed E-state index contributed by atoms with van der Waals surface area (Å²) in [5, 5.41) is 27.1. The quantitative estimate of drug-likeness (QED) is 0.0811. The second-order valence-electron chi connectivity index (χ2n) is 9.86. The largest absolute Gasteiger partial charge is 0.507 e. The van der Waals surface area contributed by atoms with Crippen molar-refractivity contribution in [3.05, 3.63) is 39.0 Å². The molecule has 0 bridgehead atoms. The minimum absolute atomic E-state index is 0.0479. The number of nitrogens with two attached hydrogens (primary N) is 1. The lowest BCUT2D eigenvalue weighted by molar-refractivity contribution is -0.151. The fourth-order valence-electron chi connectivity index (χ4n) is 4.72. The summed E-state index contributed by atoms with van der Waals surface area (Å²) in [5.74, 6) is -4.51. The number of carbonyl (C=O) groups excluding carboxylic acids is 4. The molecule has 0 spiro atoms. The van der Waals surface area contributed by atoms with Gasteiger partial charge in [-0.3, -0.25) is 14.4 Å². The minimum Gasteiger partial charge on any atom is -0.507 e. The van der Waals surface area contributed by atoms with Crippen LogP contribution in [-0.2, 0) is 19.2 Å². The van der Waals surface area contributed by atoms with Crippen LogP contribution >= 0.6 is 22.6 Å². The molecule has 9 nitrogen and oxygen atoms in total. The number of aliphatic hydroxyl groups is 1. The minimum atomic E-state index is -2.29. The molecule has 10 heteroatoms. The van der Waals surface area contributed by atoms with Crippen molar-refractivity contribution in [2.75, 3.05) is 7.05 Å². The Morgan fingerprint density at radius 3 is 2.27 bits per heavy atom. The predicted molar refractivity (Wildman–Crippen MR) is 151 cm³/mol. The van der Waals surface area contributed by atoms with Crippen LogP contribution in [0.1, 0.15) is 58.9 Å². The topological polar surface area (TPSA) is 162 Å². The fourth-order valence-corrected chi connectivity index (χ4v) is 5.26. The van der Waals surface area contributed by atoms with Crippen LogP contribution in [0.3, 0.4) is 0 Å². The van der Waals surface area contributed by atoms with Crippen LogP contribution in [0.4, 0.5) is 0 Å². The number of phenols is 1. The van der Waals surface area contributed by atoms with E-state index in [1.54, 1.807) is 13.8 Å². The van der Waals surface area contributed by atoms with Crippen molar-refractivity contribution in [1.82, 2.24) is 4.90 Å². The van der Waals surface area contributed by atoms with E-state index >= 15 is 0 Å². The standard InChI is InChI=1S/C27H38IN3O6/c1-15(9-16(2)11-18(4)33)10-17(3)26(37)27(14-32,31(6)23(35)13-29)24(25(36)19(5)30)20-7-8-22(34)21(28)12-20/h7-9,12-14,16-19,24,29,33-34H,10-11,30H2,1-6H3/b15-9+,29-13?/t16-,17-,18-,19-,24?,27-/m0/s1. The van der Waals surface area contributed by atoms with E-state index in [0.29, 0.717) is 22.5 Å². The van der Waals surface area contributed by atoms with Crippen molar-refractivity contribution >= 4 is 52.6 Å². The molecule has 1 aromatic rings. The molecule has 0 aliphatic heterocycles. The Balaban J connectivity index is 3.78. The lowest BCUT2D eigenvalue weighted by Crippen LogP contribution is -2.64. The zero-order valence-electron chi connectivity index (χ0n) is 22.2. The Bertz CT molecular complexity index is 1050. The number of halogens is 1. The van der Waals surface area contributed by atoms with Crippen molar-refractivity contribution in [2.45, 2.75) is 71.1 Å². The number of nitrogens with zero attached hydrogens (tertiary/aromatic N) is 1. The highest BCUT2D eigenvalue weighted by molar-refractivity contribution is 14.1. The van der Waals surface area contributed by atoms with E-state index in [-0.39, 0.29) is 23.7 Å². The van der Waals surface area contributed by atoms with Gasteiger partial charge in [0, 0.05) is 13.0 Å². The van der Waals surface area contributed by atoms with Crippen molar-refractivity contribution in [2.24, 2.45) is 17.6 Å². The first kappa shape index (κ1) is 32.6. The third-order valence-corrected chi connectivity index (χ3v) is 7.28. The number of Topliss-reactive ketones (excluding diaryl/α,β-unsaturated/α-hetero) is 2. The molecule has 0 saturated carbocycles. The molecule has 5 N–H and O–H groups in total. The normalized spacial score (nSPS) is 17.5. The summed E-state index contributed by atoms with van der Waals surface area (Å²) in [7, 11) is 1.21. The highest BCUT2D eigenvalue weighted by Crippen LogP contribution is 2.39. The summed E-state index contributed by atoms with van der Waals surface area (Å²) in [6.45, 7) is 8.52. The number of phenolic OH excluding ortho intramolecular Hbond substituents is 1. The number of aldehydes is 1. The molecule has 6 atom stereocenters. The lowest BCUT2D eigenvalue weighted by atomic mass is 9.69. The Hall–Kier alpha value is -2.44. The number of amides is 1. The van der Waals surface area contributed by atoms with E-state index in [9.17, 15) is 29.4 Å². The predicted octanol–water partition coefficient (Wildman–Crippen LogP) is 2.99. The number of nitrogens with one attached hydrogen (secondary N) is 1. The number of ketones is 2. The van der Waals surface area contributed by atoms with Gasteiger partial charge in [-0.15, -0.1) is 0 Å². The Kier molecular flexibility index (Phi) is 12.3. The molecule has 0 aliphatic rings. The monoisotopic (exact) mass is 627 g/mol. The van der Waals surface area contributed by atoms with Gasteiger partial charge in [0.1, 0.15) is 5.75 Å². The average molecular weight is 628 g/mol. The summed E-state index contributed by atoms with van der Waals surface area (Å²) < 4.78 is 0.379. The van der Waals surface area contributed by atoms with Crippen molar-refractivity contribution in [1.29, 1.82) is 5.41 Å². The third kappa shape index (κ3) is 7.78. The molecular formula is C27H38IN3O6. The van der Waals surface area contributed by atoms with E-state index in [1.807, 2.05) is 42.5 Å². The van der Waals surface area contributed by atoms with Gasteiger partial charge in [0.2, 0.25) is 0 Å². The smallest absolute Gasteiger partial charge is 0.265 e. The van der Waals surface area contributed by atoms with Crippen molar-refractivity contribution in [3.63, 3.8) is 0 Å². The van der Waals surface area contributed by atoms with Gasteiger partial charge < -0.3 is 31.1 Å². The number of benzene rings is 1. The van der Waals surface area contributed by atoms with Crippen LogP contribution < -0.4 is 5.73 Å². The molecule has 204 valence electrons. The molecule has 0 saturated heterocycles. The van der Waals surface area contributed by atoms with Crippen LogP contribution in [0.2, 0.25) is 0 Å². The van der Waals surface area contributed by atoms with Crippen LogP contribution in [0, 0.1) is 20.8 Å². The van der Waals surface area contributed by atoms with Gasteiger partial charge in [0.15, 0.2) is 23.4 Å². The maximum absolute atomic E-state index is 14.1. The van der Waals surface area contributed by atoms with Crippen LogP contribution in [0.25, 0.3) is 0 Å². The molecule has 1 aromatic carbocycles. The molecule has 0 aromatic heterocycles. The van der Waals surface area contributed by atoms with Gasteiger partial charge >= 0.3 is 0 Å². The number of carbonyl (C=O) groups is 4. The summed E-state index contributed by atoms with van der Waals surface area (Å²) >= 11 is 1.86. The first-order valence-electron chi connectivity index (χ1n) is 12.1. The summed E-state index contributed by atoms with van der Waals surface area (Å²) in [4.78, 5) is 54.2. The fraction of sp³-hybridized carbons (Fsp3) is 0.519. The van der Waals surface area contributed by atoms with E-state index in [1.165, 1.54) is 32.2 Å². The zero-order valence-corrected chi connectivity index (χ0v) is 24.4. The molecule has 0 fully saturated rings. The molecule has 1 rings (SSSR count). The SMILES string of the molecule is C/C(=C\[C@H](C)C[C@H](C)O)C[C@H](C)C(=O)[C@](C=O)(C(C(=O)[C@H](C)N)c1ccc(O)c(I)c1)N(C)C(=O)C=N. The van der Waals surface area contributed by atoms with Gasteiger partial charge in [-0.05, 0) is 79.8 Å². The van der Waals surface area contributed by atoms with Crippen LogP contribution in [0.15, 0.2) is 29.8 Å². The zero-order chi connectivity index (χ0) is 28.7. The molecule has 1 amide bonds. The molecule has 0 radical (unpaired) electrons. The van der Waals surface area contributed by atoms with Gasteiger partial charge in [-0.25, -0.2) is 0 Å². The summed E-state index contributed by atoms with van der Waals surface area (Å²) in [6, 6.07) is 3.16. The Labute approximate surface area is 232 Å². The second-order valence-corrected chi connectivity index (χ2v) is 11.0. The van der Waals surface area contributed by atoms with Crippen molar-refractivity contribution < 1.29 is 29.4 Å². The molecule has 37 heavy (non-hydrogen) atoms. The number of aliphatic hydroxyl groups excluding tert-OH is 1. The van der Waals surface area contributed by atoms with Crippen LogP contribution in [-0.4, -0.2) is 69.8 Å². The van der Waals surface area contributed by atoms with Gasteiger partial charge in [-0.2, -0.15) is 0 Å². The summed E-state index contributed by atoms with van der Waals surface area (Å²) in [6.07, 6.45) is 3.02. The maximum atomic E-state index is 14.1. The number of likely N-dealkylation sites (N-methyl/N-ethyl adjacent to an activating group) is 1. The van der Waals surface area contributed by atoms with Crippen molar-refractivity contribution in [3.8, 4) is 5.75 Å². The Morgan fingerprint density at radius 2 is 1.81 bits per heavy atom. The number of allylic oxidation sites excluding steroid dienone is 2.